The molecule has 0 saturated heterocycles. The lowest BCUT2D eigenvalue weighted by molar-refractivity contribution is 0.103. The molecule has 2 aromatic carbocycles. The summed E-state index contributed by atoms with van der Waals surface area (Å²) in [6.45, 7) is 5.86. The zero-order chi connectivity index (χ0) is 22.0. The Balaban J connectivity index is 1.48. The summed E-state index contributed by atoms with van der Waals surface area (Å²) < 4.78 is 7.36. The number of carbonyl (C=O) groups is 1. The van der Waals surface area contributed by atoms with Gasteiger partial charge in [0.15, 0.2) is 5.82 Å². The quantitative estimate of drug-likeness (QED) is 0.460. The molecule has 0 aliphatic rings. The van der Waals surface area contributed by atoms with Crippen LogP contribution in [0.3, 0.4) is 0 Å². The number of nitrogens with zero attached hydrogens (tertiary/aromatic N) is 5. The van der Waals surface area contributed by atoms with Crippen molar-refractivity contribution in [1.29, 1.82) is 0 Å². The standard InChI is InChI=1S/C21H19ClN6O2S/c1-12-4-7-16(10-18(12)28-14(3)25-26-27-28)24-21(29)20-13(2)23-19(31-20)11-30-17-8-5-15(22)6-9-17/h4-10H,11H2,1-3H3,(H,24,29). The molecule has 0 bridgehead atoms. The van der Waals surface area contributed by atoms with Crippen LogP contribution in [0.5, 0.6) is 5.75 Å². The molecule has 4 aromatic rings. The lowest BCUT2D eigenvalue weighted by Gasteiger charge is -2.10. The number of anilines is 1. The average molecular weight is 455 g/mol. The van der Waals surface area contributed by atoms with Gasteiger partial charge in [-0.25, -0.2) is 4.98 Å². The number of thiazole rings is 1. The molecule has 1 amide bonds. The number of benzene rings is 2. The van der Waals surface area contributed by atoms with E-state index in [1.807, 2.05) is 39.0 Å². The largest absolute Gasteiger partial charge is 0.486 e. The number of tetrazole rings is 1. The highest BCUT2D eigenvalue weighted by Gasteiger charge is 2.17. The summed E-state index contributed by atoms with van der Waals surface area (Å²) in [5.41, 5.74) is 3.09. The fourth-order valence-corrected chi connectivity index (χ4v) is 3.96. The van der Waals surface area contributed by atoms with Crippen LogP contribution in [0.2, 0.25) is 5.02 Å². The SMILES string of the molecule is Cc1ccc(NC(=O)c2sc(COc3ccc(Cl)cc3)nc2C)cc1-n1nnnc1C. The highest BCUT2D eigenvalue weighted by molar-refractivity contribution is 7.13. The van der Waals surface area contributed by atoms with E-state index in [0.29, 0.717) is 37.9 Å². The summed E-state index contributed by atoms with van der Waals surface area (Å²) in [4.78, 5) is 17.9. The Kier molecular flexibility index (Phi) is 5.97. The van der Waals surface area contributed by atoms with E-state index in [9.17, 15) is 4.79 Å². The number of carbonyl (C=O) groups excluding carboxylic acids is 1. The molecule has 2 heterocycles. The van der Waals surface area contributed by atoms with Gasteiger partial charge in [0.25, 0.3) is 5.91 Å². The smallest absolute Gasteiger partial charge is 0.267 e. The Morgan fingerprint density at radius 1 is 1.16 bits per heavy atom. The van der Waals surface area contributed by atoms with E-state index in [1.165, 1.54) is 11.3 Å². The van der Waals surface area contributed by atoms with E-state index in [1.54, 1.807) is 28.9 Å². The molecule has 1 N–H and O–H groups in total. The van der Waals surface area contributed by atoms with Gasteiger partial charge in [0, 0.05) is 10.7 Å². The van der Waals surface area contributed by atoms with Crippen molar-refractivity contribution in [3.05, 3.63) is 74.5 Å². The van der Waals surface area contributed by atoms with E-state index in [-0.39, 0.29) is 12.5 Å². The van der Waals surface area contributed by atoms with Crippen LogP contribution in [-0.2, 0) is 6.61 Å². The minimum atomic E-state index is -0.226. The van der Waals surface area contributed by atoms with Crippen molar-refractivity contribution in [3.63, 3.8) is 0 Å². The van der Waals surface area contributed by atoms with Crippen LogP contribution in [0, 0.1) is 20.8 Å². The van der Waals surface area contributed by atoms with Gasteiger partial charge in [-0.1, -0.05) is 17.7 Å². The van der Waals surface area contributed by atoms with Crippen LogP contribution in [0.15, 0.2) is 42.5 Å². The molecule has 0 spiro atoms. The fourth-order valence-electron chi connectivity index (χ4n) is 2.96. The number of ether oxygens (including phenoxy) is 1. The normalized spacial score (nSPS) is 10.8. The van der Waals surface area contributed by atoms with Gasteiger partial charge in [0.1, 0.15) is 22.2 Å². The van der Waals surface area contributed by atoms with Crippen molar-refractivity contribution >= 4 is 34.5 Å². The van der Waals surface area contributed by atoms with Crippen molar-refractivity contribution in [2.24, 2.45) is 0 Å². The summed E-state index contributed by atoms with van der Waals surface area (Å²) in [6, 6.07) is 12.7. The van der Waals surface area contributed by atoms with E-state index in [4.69, 9.17) is 16.3 Å². The predicted octanol–water partition coefficient (Wildman–Crippen LogP) is 4.53. The first-order valence-electron chi connectivity index (χ1n) is 9.43. The first kappa shape index (κ1) is 21.0. The third-order valence-corrected chi connectivity index (χ3v) is 5.93. The van der Waals surface area contributed by atoms with Crippen LogP contribution < -0.4 is 10.1 Å². The van der Waals surface area contributed by atoms with E-state index in [0.717, 1.165) is 11.3 Å². The van der Waals surface area contributed by atoms with Crippen LogP contribution in [0.1, 0.15) is 31.8 Å². The molecule has 158 valence electrons. The number of nitrogens with one attached hydrogen (secondary N) is 1. The maximum atomic E-state index is 12.9. The summed E-state index contributed by atoms with van der Waals surface area (Å²) in [5.74, 6) is 1.12. The summed E-state index contributed by atoms with van der Waals surface area (Å²) in [5, 5.41) is 15.9. The summed E-state index contributed by atoms with van der Waals surface area (Å²) >= 11 is 7.19. The van der Waals surface area contributed by atoms with Crippen LogP contribution in [0.4, 0.5) is 5.69 Å². The lowest BCUT2D eigenvalue weighted by Crippen LogP contribution is -2.12. The minimum absolute atomic E-state index is 0.226. The van der Waals surface area contributed by atoms with E-state index >= 15 is 0 Å². The number of rotatable bonds is 6. The van der Waals surface area contributed by atoms with Gasteiger partial charge in [-0.2, -0.15) is 4.68 Å². The Morgan fingerprint density at radius 3 is 2.65 bits per heavy atom. The number of aromatic nitrogens is 5. The van der Waals surface area contributed by atoms with E-state index < -0.39 is 0 Å². The van der Waals surface area contributed by atoms with Crippen molar-refractivity contribution in [1.82, 2.24) is 25.2 Å². The maximum Gasteiger partial charge on any atom is 0.267 e. The molecule has 0 atom stereocenters. The van der Waals surface area contributed by atoms with Crippen molar-refractivity contribution < 1.29 is 9.53 Å². The van der Waals surface area contributed by atoms with Crippen LogP contribution in [0.25, 0.3) is 5.69 Å². The Labute approximate surface area is 187 Å². The molecule has 10 heteroatoms. The fraction of sp³-hybridized carbons (Fsp3) is 0.190. The topological polar surface area (TPSA) is 94.8 Å². The predicted molar refractivity (Wildman–Crippen MR) is 119 cm³/mol. The number of halogens is 1. The molecule has 2 aromatic heterocycles. The van der Waals surface area contributed by atoms with Gasteiger partial charge in [-0.15, -0.1) is 16.4 Å². The minimum Gasteiger partial charge on any atom is -0.486 e. The molecular weight excluding hydrogens is 436 g/mol. The summed E-state index contributed by atoms with van der Waals surface area (Å²) in [6.07, 6.45) is 0. The number of aryl methyl sites for hydroxylation is 3. The third-order valence-electron chi connectivity index (χ3n) is 4.54. The van der Waals surface area contributed by atoms with Gasteiger partial charge in [-0.05, 0) is 73.2 Å². The van der Waals surface area contributed by atoms with Crippen molar-refractivity contribution in [3.8, 4) is 11.4 Å². The molecule has 0 radical (unpaired) electrons. The molecule has 0 saturated carbocycles. The molecule has 0 fully saturated rings. The maximum absolute atomic E-state index is 12.9. The second kappa shape index (κ2) is 8.83. The average Bonchev–Trinajstić information content (AvgIpc) is 3.34. The lowest BCUT2D eigenvalue weighted by atomic mass is 10.1. The second-order valence-electron chi connectivity index (χ2n) is 6.86. The van der Waals surface area contributed by atoms with Gasteiger partial charge in [-0.3, -0.25) is 4.79 Å². The Morgan fingerprint density at radius 2 is 1.94 bits per heavy atom. The molecule has 0 aliphatic heterocycles. The Bertz CT molecular complexity index is 1240. The monoisotopic (exact) mass is 454 g/mol. The molecule has 31 heavy (non-hydrogen) atoms. The molecular formula is C21H19ClN6O2S. The molecule has 0 aliphatic carbocycles. The first-order valence-corrected chi connectivity index (χ1v) is 10.6. The van der Waals surface area contributed by atoms with Gasteiger partial charge < -0.3 is 10.1 Å². The molecule has 8 nitrogen and oxygen atoms in total. The first-order chi connectivity index (χ1) is 14.9. The van der Waals surface area contributed by atoms with Crippen molar-refractivity contribution in [2.45, 2.75) is 27.4 Å². The zero-order valence-electron chi connectivity index (χ0n) is 17.1. The number of hydrogen-bond acceptors (Lipinski definition) is 7. The number of hydrogen-bond donors (Lipinski definition) is 1. The number of amides is 1. The summed E-state index contributed by atoms with van der Waals surface area (Å²) in [7, 11) is 0. The zero-order valence-corrected chi connectivity index (χ0v) is 18.7. The van der Waals surface area contributed by atoms with E-state index in [2.05, 4.69) is 25.8 Å². The van der Waals surface area contributed by atoms with Crippen molar-refractivity contribution in [2.75, 3.05) is 5.32 Å². The molecule has 4 rings (SSSR count). The van der Waals surface area contributed by atoms with Crippen LogP contribution in [-0.4, -0.2) is 31.1 Å². The molecule has 0 unspecified atom stereocenters. The Hall–Kier alpha value is -3.30. The van der Waals surface area contributed by atoms with Gasteiger partial charge in [0.05, 0.1) is 11.4 Å². The third kappa shape index (κ3) is 4.73. The van der Waals surface area contributed by atoms with Gasteiger partial charge >= 0.3 is 0 Å². The second-order valence-corrected chi connectivity index (χ2v) is 8.38. The van der Waals surface area contributed by atoms with Crippen LogP contribution >= 0.6 is 22.9 Å². The van der Waals surface area contributed by atoms with Gasteiger partial charge in [0.2, 0.25) is 0 Å². The highest BCUT2D eigenvalue weighted by Crippen LogP contribution is 2.24. The highest BCUT2D eigenvalue weighted by atomic mass is 35.5.